The zero-order valence-electron chi connectivity index (χ0n) is 18.2. The first-order valence-corrected chi connectivity index (χ1v) is 11.3. The van der Waals surface area contributed by atoms with Crippen molar-refractivity contribution in [1.82, 2.24) is 5.43 Å². The number of rotatable bonds is 6. The van der Waals surface area contributed by atoms with Crippen molar-refractivity contribution in [3.8, 4) is 5.75 Å². The molecule has 4 nitrogen and oxygen atoms in total. The zero-order chi connectivity index (χ0) is 23.3. The lowest BCUT2D eigenvalue weighted by molar-refractivity contribution is 0.0955. The highest BCUT2D eigenvalue weighted by molar-refractivity contribution is 6.30. The summed E-state index contributed by atoms with van der Waals surface area (Å²) in [5.41, 5.74) is 5.12. The van der Waals surface area contributed by atoms with E-state index in [1.165, 1.54) is 0 Å². The third-order valence-electron chi connectivity index (χ3n) is 5.61. The highest BCUT2D eigenvalue weighted by Gasteiger charge is 2.07. The molecule has 5 aromatic rings. The Labute approximate surface area is 202 Å². The molecule has 0 atom stereocenters. The molecule has 166 valence electrons. The molecule has 1 amide bonds. The summed E-state index contributed by atoms with van der Waals surface area (Å²) in [7, 11) is 0. The molecule has 0 radical (unpaired) electrons. The standard InChI is InChI=1S/C29H21ClN2O2/c30-24-13-9-20(10-14-24)19-34-25-15-11-21(12-16-25)29(33)32-31-18-28-26-7-3-1-5-22(26)17-23-6-2-4-8-27(23)28/h1-18H,19H2,(H,32,33). The summed E-state index contributed by atoms with van der Waals surface area (Å²) in [6.07, 6.45) is 1.71. The van der Waals surface area contributed by atoms with Gasteiger partial charge in [0.2, 0.25) is 0 Å². The third-order valence-corrected chi connectivity index (χ3v) is 5.86. The molecule has 5 aromatic carbocycles. The fourth-order valence-corrected chi connectivity index (χ4v) is 3.98. The molecule has 0 spiro atoms. The van der Waals surface area contributed by atoms with Gasteiger partial charge in [0, 0.05) is 16.1 Å². The van der Waals surface area contributed by atoms with Gasteiger partial charge in [0.25, 0.3) is 5.91 Å². The van der Waals surface area contributed by atoms with Crippen LogP contribution < -0.4 is 10.2 Å². The van der Waals surface area contributed by atoms with Gasteiger partial charge in [0.1, 0.15) is 12.4 Å². The van der Waals surface area contributed by atoms with Crippen LogP contribution in [0.4, 0.5) is 0 Å². The summed E-state index contributed by atoms with van der Waals surface area (Å²) in [6, 6.07) is 33.0. The Morgan fingerprint density at radius 1 is 0.824 bits per heavy atom. The minimum Gasteiger partial charge on any atom is -0.489 e. The quantitative estimate of drug-likeness (QED) is 0.167. The number of carbonyl (C=O) groups excluding carboxylic acids is 1. The number of hydrogen-bond donors (Lipinski definition) is 1. The van der Waals surface area contributed by atoms with E-state index in [1.807, 2.05) is 48.5 Å². The van der Waals surface area contributed by atoms with Crippen molar-refractivity contribution < 1.29 is 9.53 Å². The molecule has 0 aliphatic rings. The monoisotopic (exact) mass is 464 g/mol. The molecule has 0 saturated heterocycles. The van der Waals surface area contributed by atoms with Crippen LogP contribution in [0.3, 0.4) is 0 Å². The molecular formula is C29H21ClN2O2. The molecule has 0 bridgehead atoms. The number of halogens is 1. The highest BCUT2D eigenvalue weighted by Crippen LogP contribution is 2.27. The molecule has 0 heterocycles. The van der Waals surface area contributed by atoms with Crippen molar-refractivity contribution in [2.24, 2.45) is 5.10 Å². The number of fused-ring (bicyclic) bond motifs is 2. The number of benzene rings is 5. The van der Waals surface area contributed by atoms with E-state index in [2.05, 4.69) is 40.9 Å². The Bertz CT molecular complexity index is 1440. The van der Waals surface area contributed by atoms with Crippen LogP contribution >= 0.6 is 11.6 Å². The van der Waals surface area contributed by atoms with E-state index >= 15 is 0 Å². The van der Waals surface area contributed by atoms with Gasteiger partial charge in [-0.1, -0.05) is 72.3 Å². The van der Waals surface area contributed by atoms with Crippen molar-refractivity contribution in [3.63, 3.8) is 0 Å². The molecule has 0 aliphatic heterocycles. The zero-order valence-corrected chi connectivity index (χ0v) is 19.0. The van der Waals surface area contributed by atoms with Gasteiger partial charge in [-0.05, 0) is 69.6 Å². The van der Waals surface area contributed by atoms with Crippen molar-refractivity contribution in [1.29, 1.82) is 0 Å². The third kappa shape index (κ3) is 4.77. The number of ether oxygens (including phenoxy) is 1. The van der Waals surface area contributed by atoms with Crippen LogP contribution in [0.25, 0.3) is 21.5 Å². The van der Waals surface area contributed by atoms with Crippen LogP contribution in [-0.4, -0.2) is 12.1 Å². The number of nitrogens with zero attached hydrogens (tertiary/aromatic N) is 1. The van der Waals surface area contributed by atoms with Crippen molar-refractivity contribution in [2.75, 3.05) is 0 Å². The molecule has 5 rings (SSSR count). The summed E-state index contributed by atoms with van der Waals surface area (Å²) >= 11 is 5.91. The first-order valence-electron chi connectivity index (χ1n) is 10.9. The summed E-state index contributed by atoms with van der Waals surface area (Å²) < 4.78 is 5.78. The summed E-state index contributed by atoms with van der Waals surface area (Å²) in [6.45, 7) is 0.423. The summed E-state index contributed by atoms with van der Waals surface area (Å²) in [4.78, 5) is 12.6. The fraction of sp³-hybridized carbons (Fsp3) is 0.0345. The maximum absolute atomic E-state index is 12.6. The lowest BCUT2D eigenvalue weighted by Gasteiger charge is -2.08. The van der Waals surface area contributed by atoms with E-state index in [-0.39, 0.29) is 5.91 Å². The van der Waals surface area contributed by atoms with Crippen LogP contribution in [0.2, 0.25) is 5.02 Å². The Morgan fingerprint density at radius 3 is 2.09 bits per heavy atom. The Hall–Kier alpha value is -4.15. The first kappa shape index (κ1) is 21.7. The second-order valence-corrected chi connectivity index (χ2v) is 8.31. The Balaban J connectivity index is 1.28. The minimum atomic E-state index is -0.287. The average molecular weight is 465 g/mol. The van der Waals surface area contributed by atoms with E-state index in [1.54, 1.807) is 30.5 Å². The average Bonchev–Trinajstić information content (AvgIpc) is 2.88. The van der Waals surface area contributed by atoms with Gasteiger partial charge in [-0.25, -0.2) is 5.43 Å². The molecule has 5 heteroatoms. The maximum atomic E-state index is 12.6. The molecule has 1 N–H and O–H groups in total. The fourth-order valence-electron chi connectivity index (χ4n) is 3.86. The topological polar surface area (TPSA) is 50.7 Å². The molecule has 0 aromatic heterocycles. The number of carbonyl (C=O) groups is 1. The number of amides is 1. The van der Waals surface area contributed by atoms with Crippen LogP contribution in [0.5, 0.6) is 5.75 Å². The lowest BCUT2D eigenvalue weighted by atomic mass is 9.97. The molecule has 34 heavy (non-hydrogen) atoms. The van der Waals surface area contributed by atoms with Gasteiger partial charge in [-0.2, -0.15) is 5.10 Å². The maximum Gasteiger partial charge on any atom is 0.271 e. The largest absolute Gasteiger partial charge is 0.489 e. The predicted molar refractivity (Wildman–Crippen MR) is 139 cm³/mol. The van der Waals surface area contributed by atoms with Gasteiger partial charge in [-0.3, -0.25) is 4.79 Å². The Kier molecular flexibility index (Phi) is 6.23. The van der Waals surface area contributed by atoms with E-state index in [4.69, 9.17) is 16.3 Å². The second-order valence-electron chi connectivity index (χ2n) is 7.87. The van der Waals surface area contributed by atoms with Crippen LogP contribution in [0.1, 0.15) is 21.5 Å². The van der Waals surface area contributed by atoms with Gasteiger partial charge < -0.3 is 4.74 Å². The SMILES string of the molecule is O=C(NN=Cc1c2ccccc2cc2ccccc12)c1ccc(OCc2ccc(Cl)cc2)cc1. The van der Waals surface area contributed by atoms with Crippen molar-refractivity contribution in [2.45, 2.75) is 6.61 Å². The minimum absolute atomic E-state index is 0.287. The lowest BCUT2D eigenvalue weighted by Crippen LogP contribution is -2.17. The van der Waals surface area contributed by atoms with Gasteiger partial charge >= 0.3 is 0 Å². The first-order chi connectivity index (χ1) is 16.7. The Morgan fingerprint density at radius 2 is 1.44 bits per heavy atom. The summed E-state index contributed by atoms with van der Waals surface area (Å²) in [5.74, 6) is 0.391. The number of hydrazone groups is 1. The van der Waals surface area contributed by atoms with Crippen LogP contribution in [-0.2, 0) is 6.61 Å². The van der Waals surface area contributed by atoms with E-state index in [0.717, 1.165) is 32.7 Å². The normalized spacial score (nSPS) is 11.2. The molecule has 0 unspecified atom stereocenters. The van der Waals surface area contributed by atoms with E-state index in [0.29, 0.717) is 22.9 Å². The van der Waals surface area contributed by atoms with Crippen molar-refractivity contribution >= 4 is 45.3 Å². The summed E-state index contributed by atoms with van der Waals surface area (Å²) in [5, 5.41) is 9.37. The van der Waals surface area contributed by atoms with Gasteiger partial charge in [0.15, 0.2) is 0 Å². The number of hydrogen-bond acceptors (Lipinski definition) is 3. The molecule has 0 saturated carbocycles. The van der Waals surface area contributed by atoms with Crippen LogP contribution in [0.15, 0.2) is 108 Å². The molecule has 0 aliphatic carbocycles. The van der Waals surface area contributed by atoms with Gasteiger partial charge in [0.05, 0.1) is 6.21 Å². The number of nitrogens with one attached hydrogen (secondary N) is 1. The molecular weight excluding hydrogens is 444 g/mol. The smallest absolute Gasteiger partial charge is 0.271 e. The second kappa shape index (κ2) is 9.77. The molecule has 0 fully saturated rings. The predicted octanol–water partition coefficient (Wildman–Crippen LogP) is 6.99. The van der Waals surface area contributed by atoms with Crippen LogP contribution in [0, 0.1) is 0 Å². The van der Waals surface area contributed by atoms with E-state index < -0.39 is 0 Å². The van der Waals surface area contributed by atoms with Gasteiger partial charge in [-0.15, -0.1) is 0 Å². The highest BCUT2D eigenvalue weighted by atomic mass is 35.5. The van der Waals surface area contributed by atoms with Crippen molar-refractivity contribution in [3.05, 3.63) is 125 Å². The van der Waals surface area contributed by atoms with E-state index in [9.17, 15) is 4.79 Å².